The van der Waals surface area contributed by atoms with Gasteiger partial charge in [0.15, 0.2) is 6.10 Å². The third kappa shape index (κ3) is 1.92. The molecule has 98 valence electrons. The Morgan fingerprint density at radius 1 is 1.39 bits per heavy atom. The molecule has 0 aliphatic carbocycles. The molecule has 1 heterocycles. The number of fused-ring (bicyclic) bond motifs is 1. The smallest absolute Gasteiger partial charge is 0.418 e. The molecule has 0 saturated heterocycles. The standard InChI is InChI=1S/C12H12F3NO2/c1-6-5-8(18-2)9(11(17)12(13,14)15)7-3-4-16-10(6)7/h3-5,11,16-17H,1-2H3. The van der Waals surface area contributed by atoms with Crippen LogP contribution >= 0.6 is 0 Å². The van der Waals surface area contributed by atoms with Crippen LogP contribution in [-0.2, 0) is 0 Å². The highest BCUT2D eigenvalue weighted by molar-refractivity contribution is 5.88. The predicted octanol–water partition coefficient (Wildman–Crippen LogP) is 3.08. The van der Waals surface area contributed by atoms with Crippen molar-refractivity contribution in [2.45, 2.75) is 19.2 Å². The number of aromatic nitrogens is 1. The van der Waals surface area contributed by atoms with Crippen LogP contribution in [0.5, 0.6) is 5.75 Å². The number of alkyl halides is 3. The molecule has 0 saturated carbocycles. The fourth-order valence-corrected chi connectivity index (χ4v) is 2.01. The first-order chi connectivity index (χ1) is 8.36. The molecule has 18 heavy (non-hydrogen) atoms. The van der Waals surface area contributed by atoms with Gasteiger partial charge >= 0.3 is 6.18 Å². The van der Waals surface area contributed by atoms with E-state index in [1.807, 2.05) is 0 Å². The number of nitrogens with one attached hydrogen (secondary N) is 1. The third-order valence-corrected chi connectivity index (χ3v) is 2.85. The molecule has 1 aromatic heterocycles. The molecule has 0 fully saturated rings. The molecule has 2 N–H and O–H groups in total. The molecule has 0 radical (unpaired) electrons. The first-order valence-corrected chi connectivity index (χ1v) is 5.25. The van der Waals surface area contributed by atoms with Gasteiger partial charge in [-0.05, 0) is 24.6 Å². The lowest BCUT2D eigenvalue weighted by atomic mass is 10.00. The molecule has 2 aromatic rings. The number of ether oxygens (including phenoxy) is 1. The van der Waals surface area contributed by atoms with E-state index >= 15 is 0 Å². The maximum Gasteiger partial charge on any atom is 0.418 e. The molecule has 0 aliphatic rings. The second kappa shape index (κ2) is 4.20. The molecule has 1 atom stereocenters. The van der Waals surface area contributed by atoms with Gasteiger partial charge in [-0.25, -0.2) is 0 Å². The van der Waals surface area contributed by atoms with E-state index in [1.165, 1.54) is 25.4 Å². The van der Waals surface area contributed by atoms with Crippen molar-refractivity contribution in [1.29, 1.82) is 0 Å². The van der Waals surface area contributed by atoms with Gasteiger partial charge in [0.05, 0.1) is 7.11 Å². The first kappa shape index (κ1) is 12.8. The first-order valence-electron chi connectivity index (χ1n) is 5.25. The van der Waals surface area contributed by atoms with Gasteiger partial charge in [-0.15, -0.1) is 0 Å². The molecular weight excluding hydrogens is 247 g/mol. The van der Waals surface area contributed by atoms with Gasteiger partial charge in [-0.1, -0.05) is 0 Å². The molecule has 0 aliphatic heterocycles. The molecule has 1 aromatic carbocycles. The summed E-state index contributed by atoms with van der Waals surface area (Å²) >= 11 is 0. The highest BCUT2D eigenvalue weighted by Gasteiger charge is 2.42. The van der Waals surface area contributed by atoms with Crippen molar-refractivity contribution in [3.63, 3.8) is 0 Å². The zero-order valence-electron chi connectivity index (χ0n) is 9.80. The van der Waals surface area contributed by atoms with Gasteiger partial charge in [0.1, 0.15) is 5.75 Å². The number of benzene rings is 1. The van der Waals surface area contributed by atoms with Crippen molar-refractivity contribution in [2.24, 2.45) is 0 Å². The Morgan fingerprint density at radius 3 is 2.61 bits per heavy atom. The number of aliphatic hydroxyl groups is 1. The Hall–Kier alpha value is -1.69. The van der Waals surface area contributed by atoms with E-state index in [4.69, 9.17) is 4.74 Å². The number of halogens is 3. The van der Waals surface area contributed by atoms with Gasteiger partial charge in [0.25, 0.3) is 0 Å². The van der Waals surface area contributed by atoms with Gasteiger partial charge in [-0.3, -0.25) is 0 Å². The molecular formula is C12H12F3NO2. The number of H-pyrrole nitrogens is 1. The molecule has 0 spiro atoms. The maximum atomic E-state index is 12.7. The second-order valence-corrected chi connectivity index (χ2v) is 4.02. The van der Waals surface area contributed by atoms with Crippen LogP contribution in [0, 0.1) is 6.92 Å². The fourth-order valence-electron chi connectivity index (χ4n) is 2.01. The normalized spacial score (nSPS) is 13.9. The number of rotatable bonds is 2. The summed E-state index contributed by atoms with van der Waals surface area (Å²) in [4.78, 5) is 2.85. The van der Waals surface area contributed by atoms with Crippen molar-refractivity contribution in [3.8, 4) is 5.75 Å². The van der Waals surface area contributed by atoms with E-state index in [0.717, 1.165) is 5.56 Å². The minimum absolute atomic E-state index is 0.0319. The van der Waals surface area contributed by atoms with Crippen molar-refractivity contribution in [2.75, 3.05) is 7.11 Å². The second-order valence-electron chi connectivity index (χ2n) is 4.02. The summed E-state index contributed by atoms with van der Waals surface area (Å²) in [5.74, 6) is 0.0319. The van der Waals surface area contributed by atoms with Crippen molar-refractivity contribution in [3.05, 3.63) is 29.5 Å². The lowest BCUT2D eigenvalue weighted by molar-refractivity contribution is -0.206. The zero-order chi connectivity index (χ0) is 13.5. The van der Waals surface area contributed by atoms with E-state index in [1.54, 1.807) is 6.92 Å². The minimum Gasteiger partial charge on any atom is -0.496 e. The van der Waals surface area contributed by atoms with Crippen molar-refractivity contribution < 1.29 is 23.0 Å². The minimum atomic E-state index is -4.73. The van der Waals surface area contributed by atoms with Crippen LogP contribution in [0.15, 0.2) is 18.3 Å². The SMILES string of the molecule is COc1cc(C)c2[nH]ccc2c1C(O)C(F)(F)F. The van der Waals surface area contributed by atoms with Crippen LogP contribution in [0.3, 0.4) is 0 Å². The van der Waals surface area contributed by atoms with Gasteiger partial charge in [0.2, 0.25) is 0 Å². The highest BCUT2D eigenvalue weighted by atomic mass is 19.4. The Kier molecular flexibility index (Phi) is 2.98. The number of aromatic amines is 1. The Labute approximate surface area is 101 Å². The van der Waals surface area contributed by atoms with Crippen LogP contribution in [0.25, 0.3) is 10.9 Å². The average molecular weight is 259 g/mol. The molecule has 3 nitrogen and oxygen atoms in total. The quantitative estimate of drug-likeness (QED) is 0.870. The number of aryl methyl sites for hydroxylation is 1. The number of hydrogen-bond donors (Lipinski definition) is 2. The molecule has 0 bridgehead atoms. The van der Waals surface area contributed by atoms with E-state index in [9.17, 15) is 18.3 Å². The summed E-state index contributed by atoms with van der Waals surface area (Å²) in [7, 11) is 1.28. The van der Waals surface area contributed by atoms with E-state index in [0.29, 0.717) is 10.9 Å². The summed E-state index contributed by atoms with van der Waals surface area (Å²) in [6, 6.07) is 2.97. The number of hydrogen-bond acceptors (Lipinski definition) is 2. The number of aliphatic hydroxyl groups excluding tert-OH is 1. The topological polar surface area (TPSA) is 45.2 Å². The Morgan fingerprint density at radius 2 is 2.06 bits per heavy atom. The van der Waals surface area contributed by atoms with Gasteiger partial charge < -0.3 is 14.8 Å². The van der Waals surface area contributed by atoms with Crippen molar-refractivity contribution >= 4 is 10.9 Å². The van der Waals surface area contributed by atoms with Crippen LogP contribution < -0.4 is 4.74 Å². The van der Waals surface area contributed by atoms with Crippen LogP contribution in [0.4, 0.5) is 13.2 Å². The Bertz CT molecular complexity index is 574. The van der Waals surface area contributed by atoms with Crippen LogP contribution in [0.1, 0.15) is 17.2 Å². The van der Waals surface area contributed by atoms with Crippen LogP contribution in [0.2, 0.25) is 0 Å². The summed E-state index contributed by atoms with van der Waals surface area (Å²) in [5, 5.41) is 9.77. The summed E-state index contributed by atoms with van der Waals surface area (Å²) in [5.41, 5.74) is 1.06. The third-order valence-electron chi connectivity index (χ3n) is 2.85. The van der Waals surface area contributed by atoms with E-state index < -0.39 is 12.3 Å². The summed E-state index contributed by atoms with van der Waals surface area (Å²) < 4.78 is 43.0. The lowest BCUT2D eigenvalue weighted by Crippen LogP contribution is -2.21. The molecule has 6 heteroatoms. The molecule has 2 rings (SSSR count). The predicted molar refractivity (Wildman–Crippen MR) is 60.6 cm³/mol. The number of methoxy groups -OCH3 is 1. The highest BCUT2D eigenvalue weighted by Crippen LogP contribution is 2.41. The zero-order valence-corrected chi connectivity index (χ0v) is 9.80. The summed E-state index contributed by atoms with van der Waals surface area (Å²) in [6.45, 7) is 1.76. The molecule has 0 amide bonds. The van der Waals surface area contributed by atoms with Crippen molar-refractivity contribution in [1.82, 2.24) is 4.98 Å². The largest absolute Gasteiger partial charge is 0.496 e. The maximum absolute atomic E-state index is 12.7. The molecule has 1 unspecified atom stereocenters. The Balaban J connectivity index is 2.75. The average Bonchev–Trinajstić information content (AvgIpc) is 2.76. The van der Waals surface area contributed by atoms with E-state index in [-0.39, 0.29) is 11.3 Å². The van der Waals surface area contributed by atoms with Gasteiger partial charge in [0, 0.05) is 22.7 Å². The van der Waals surface area contributed by atoms with Crippen LogP contribution in [-0.4, -0.2) is 23.4 Å². The monoisotopic (exact) mass is 259 g/mol. The summed E-state index contributed by atoms with van der Waals surface area (Å²) in [6.07, 6.45) is -5.76. The lowest BCUT2D eigenvalue weighted by Gasteiger charge is -2.19. The van der Waals surface area contributed by atoms with Gasteiger partial charge in [-0.2, -0.15) is 13.2 Å². The van der Waals surface area contributed by atoms with E-state index in [2.05, 4.69) is 4.98 Å². The fraction of sp³-hybridized carbons (Fsp3) is 0.333.